The van der Waals surface area contributed by atoms with Gasteiger partial charge in [0.2, 0.25) is 0 Å². The standard InChI is InChI=1S/C23H17BrF3N3O2/c1-30-20(31)22(29-21(30)28,16-7-3-2-4-8-16)17-9-5-6-14(10-17)15-11-18(24)13-19(12-15)32-23(25,26)27/h2-13H,1H3,(H2,28,29). The van der Waals surface area contributed by atoms with Crippen molar-refractivity contribution in [2.75, 3.05) is 7.05 Å². The first-order valence-corrected chi connectivity index (χ1v) is 10.3. The minimum absolute atomic E-state index is 0.0765. The third-order valence-electron chi connectivity index (χ3n) is 5.15. The Labute approximate surface area is 190 Å². The summed E-state index contributed by atoms with van der Waals surface area (Å²) in [6.45, 7) is 0. The SMILES string of the molecule is CN1C(=O)C(c2ccccc2)(c2cccc(-c3cc(Br)cc(OC(F)(F)F)c3)c2)N=C1N. The fraction of sp³-hybridized carbons (Fsp3) is 0.130. The molecule has 1 amide bonds. The van der Waals surface area contributed by atoms with Crippen molar-refractivity contribution in [1.82, 2.24) is 4.90 Å². The van der Waals surface area contributed by atoms with Gasteiger partial charge in [0.15, 0.2) is 11.5 Å². The van der Waals surface area contributed by atoms with Crippen molar-refractivity contribution < 1.29 is 22.7 Å². The van der Waals surface area contributed by atoms with Gasteiger partial charge in [0.25, 0.3) is 5.91 Å². The molecule has 0 spiro atoms. The molecule has 0 bridgehead atoms. The number of ether oxygens (including phenoxy) is 1. The molecule has 9 heteroatoms. The number of rotatable bonds is 4. The molecule has 1 aliphatic heterocycles. The fourth-order valence-corrected chi connectivity index (χ4v) is 4.18. The van der Waals surface area contributed by atoms with Crippen LogP contribution in [0.25, 0.3) is 11.1 Å². The van der Waals surface area contributed by atoms with Gasteiger partial charge in [-0.25, -0.2) is 4.99 Å². The van der Waals surface area contributed by atoms with Crippen LogP contribution in [-0.2, 0) is 10.3 Å². The molecular formula is C23H17BrF3N3O2. The number of guanidine groups is 1. The largest absolute Gasteiger partial charge is 0.573 e. The van der Waals surface area contributed by atoms with Gasteiger partial charge in [0.05, 0.1) is 0 Å². The lowest BCUT2D eigenvalue weighted by atomic mass is 9.82. The number of benzene rings is 3. The van der Waals surface area contributed by atoms with Crippen molar-refractivity contribution in [3.63, 3.8) is 0 Å². The number of hydrogen-bond acceptors (Lipinski definition) is 4. The average Bonchev–Trinajstić information content (AvgIpc) is 2.98. The molecule has 1 unspecified atom stereocenters. The van der Waals surface area contributed by atoms with Crippen molar-refractivity contribution in [3.8, 4) is 16.9 Å². The lowest BCUT2D eigenvalue weighted by Crippen LogP contribution is -2.41. The van der Waals surface area contributed by atoms with E-state index in [0.717, 1.165) is 0 Å². The highest BCUT2D eigenvalue weighted by atomic mass is 79.9. The Kier molecular flexibility index (Phi) is 5.46. The molecule has 0 aromatic heterocycles. The van der Waals surface area contributed by atoms with E-state index >= 15 is 0 Å². The summed E-state index contributed by atoms with van der Waals surface area (Å²) in [6, 6.07) is 20.1. The van der Waals surface area contributed by atoms with E-state index in [0.29, 0.717) is 26.7 Å². The Balaban J connectivity index is 1.86. The number of aliphatic imine (C=N–C) groups is 1. The van der Waals surface area contributed by atoms with Crippen molar-refractivity contribution in [2.24, 2.45) is 10.7 Å². The molecule has 1 atom stereocenters. The maximum Gasteiger partial charge on any atom is 0.573 e. The van der Waals surface area contributed by atoms with Crippen molar-refractivity contribution in [3.05, 3.63) is 88.4 Å². The van der Waals surface area contributed by atoms with Crippen LogP contribution < -0.4 is 10.5 Å². The number of alkyl halides is 3. The van der Waals surface area contributed by atoms with Crippen molar-refractivity contribution in [2.45, 2.75) is 11.9 Å². The lowest BCUT2D eigenvalue weighted by Gasteiger charge is -2.26. The predicted molar refractivity (Wildman–Crippen MR) is 118 cm³/mol. The molecule has 0 radical (unpaired) electrons. The molecule has 0 saturated heterocycles. The number of nitrogens with zero attached hydrogens (tertiary/aromatic N) is 2. The van der Waals surface area contributed by atoms with Crippen LogP contribution >= 0.6 is 15.9 Å². The molecule has 1 heterocycles. The summed E-state index contributed by atoms with van der Waals surface area (Å²) in [7, 11) is 1.55. The summed E-state index contributed by atoms with van der Waals surface area (Å²) in [5, 5.41) is 0. The maximum absolute atomic E-state index is 13.3. The Morgan fingerprint density at radius 2 is 1.66 bits per heavy atom. The Hall–Kier alpha value is -3.33. The predicted octanol–water partition coefficient (Wildman–Crippen LogP) is 5.05. The number of carbonyl (C=O) groups is 1. The molecular weight excluding hydrogens is 487 g/mol. The molecule has 0 fully saturated rings. The van der Waals surface area contributed by atoms with Crippen LogP contribution in [0.15, 0.2) is 82.3 Å². The van der Waals surface area contributed by atoms with Crippen molar-refractivity contribution in [1.29, 1.82) is 0 Å². The van der Waals surface area contributed by atoms with Gasteiger partial charge in [-0.1, -0.05) is 64.5 Å². The first-order valence-electron chi connectivity index (χ1n) is 9.46. The van der Waals surface area contributed by atoms with E-state index in [4.69, 9.17) is 5.73 Å². The molecule has 2 N–H and O–H groups in total. The highest BCUT2D eigenvalue weighted by Gasteiger charge is 2.49. The van der Waals surface area contributed by atoms with E-state index in [-0.39, 0.29) is 17.6 Å². The van der Waals surface area contributed by atoms with Gasteiger partial charge in [-0.15, -0.1) is 13.2 Å². The highest BCUT2D eigenvalue weighted by Crippen LogP contribution is 2.41. The normalized spacial score (nSPS) is 18.6. The van der Waals surface area contributed by atoms with Crippen LogP contribution in [0.5, 0.6) is 5.75 Å². The third kappa shape index (κ3) is 3.95. The van der Waals surface area contributed by atoms with Crippen LogP contribution in [0.4, 0.5) is 13.2 Å². The van der Waals surface area contributed by atoms with E-state index in [1.807, 2.05) is 6.07 Å². The van der Waals surface area contributed by atoms with Gasteiger partial charge in [0, 0.05) is 11.5 Å². The monoisotopic (exact) mass is 503 g/mol. The fourth-order valence-electron chi connectivity index (χ4n) is 3.71. The Morgan fingerprint density at radius 1 is 0.969 bits per heavy atom. The van der Waals surface area contributed by atoms with E-state index in [2.05, 4.69) is 25.7 Å². The zero-order chi connectivity index (χ0) is 23.1. The second-order valence-corrected chi connectivity index (χ2v) is 8.13. The van der Waals surface area contributed by atoms with Gasteiger partial charge in [0.1, 0.15) is 5.75 Å². The summed E-state index contributed by atoms with van der Waals surface area (Å²) in [4.78, 5) is 19.1. The molecule has 0 saturated carbocycles. The number of hydrogen-bond donors (Lipinski definition) is 1. The smallest absolute Gasteiger partial charge is 0.406 e. The van der Waals surface area contributed by atoms with Gasteiger partial charge in [-0.2, -0.15) is 0 Å². The first kappa shape index (κ1) is 21.9. The van der Waals surface area contributed by atoms with Crippen LogP contribution in [0.3, 0.4) is 0 Å². The second-order valence-electron chi connectivity index (χ2n) is 7.21. The van der Waals surface area contributed by atoms with Gasteiger partial charge >= 0.3 is 6.36 Å². The molecule has 5 nitrogen and oxygen atoms in total. The van der Waals surface area contributed by atoms with Crippen LogP contribution in [0.1, 0.15) is 11.1 Å². The number of amides is 1. The highest BCUT2D eigenvalue weighted by molar-refractivity contribution is 9.10. The van der Waals surface area contributed by atoms with Gasteiger partial charge in [-0.3, -0.25) is 9.69 Å². The summed E-state index contributed by atoms with van der Waals surface area (Å²) in [6.07, 6.45) is -4.82. The summed E-state index contributed by atoms with van der Waals surface area (Å²) >= 11 is 3.23. The molecule has 3 aromatic rings. The van der Waals surface area contributed by atoms with Gasteiger partial charge in [-0.05, 0) is 46.5 Å². The molecule has 164 valence electrons. The van der Waals surface area contributed by atoms with Crippen LogP contribution in [0, 0.1) is 0 Å². The molecule has 0 aliphatic carbocycles. The molecule has 1 aliphatic rings. The minimum atomic E-state index is -4.82. The van der Waals surface area contributed by atoms with Crippen molar-refractivity contribution >= 4 is 27.8 Å². The number of halogens is 4. The first-order chi connectivity index (χ1) is 15.1. The average molecular weight is 504 g/mol. The van der Waals surface area contributed by atoms with Crippen LogP contribution in [-0.4, -0.2) is 30.2 Å². The van der Waals surface area contributed by atoms with E-state index in [1.165, 1.54) is 17.0 Å². The topological polar surface area (TPSA) is 67.9 Å². The van der Waals surface area contributed by atoms with E-state index in [9.17, 15) is 18.0 Å². The summed E-state index contributed by atoms with van der Waals surface area (Å²) in [5.74, 6) is -0.606. The number of carbonyl (C=O) groups excluding carboxylic acids is 1. The Morgan fingerprint density at radius 3 is 2.28 bits per heavy atom. The van der Waals surface area contributed by atoms with E-state index in [1.54, 1.807) is 61.6 Å². The second kappa shape index (κ2) is 7.98. The Bertz CT molecular complexity index is 1210. The quantitative estimate of drug-likeness (QED) is 0.541. The lowest BCUT2D eigenvalue weighted by molar-refractivity contribution is -0.274. The minimum Gasteiger partial charge on any atom is -0.406 e. The summed E-state index contributed by atoms with van der Waals surface area (Å²) in [5.41, 5.74) is 6.82. The zero-order valence-electron chi connectivity index (χ0n) is 16.7. The summed E-state index contributed by atoms with van der Waals surface area (Å²) < 4.78 is 42.7. The molecule has 3 aromatic carbocycles. The van der Waals surface area contributed by atoms with E-state index < -0.39 is 11.9 Å². The third-order valence-corrected chi connectivity index (χ3v) is 5.61. The van der Waals surface area contributed by atoms with Gasteiger partial charge < -0.3 is 10.5 Å². The molecule has 4 rings (SSSR count). The maximum atomic E-state index is 13.3. The molecule has 32 heavy (non-hydrogen) atoms. The van der Waals surface area contributed by atoms with Crippen LogP contribution in [0.2, 0.25) is 0 Å². The zero-order valence-corrected chi connectivity index (χ0v) is 18.3. The number of nitrogens with two attached hydrogens (primary N) is 1. The number of likely N-dealkylation sites (N-methyl/N-ethyl adjacent to an activating group) is 1.